The van der Waals surface area contributed by atoms with Gasteiger partial charge in [0.2, 0.25) is 0 Å². The highest BCUT2D eigenvalue weighted by Crippen LogP contribution is 2.12. The van der Waals surface area contributed by atoms with E-state index in [1.165, 1.54) is 48.0 Å². The third kappa shape index (κ3) is 17.0. The standard InChI is InChI=1S/3C6H8O.3C6H8S/c1-5-3-7-4-6(5)2;1-5-3-6(2)7-4-5;1-5-3-4-6(2)7-5;1-5-3-7-4-6(5)2;1-5-3-6(2)7-4-5;1-5-3-4-6(2)7-5/h6*3-4H,1-2H3. The van der Waals surface area contributed by atoms with Crippen LogP contribution in [0.2, 0.25) is 0 Å². The Morgan fingerprint density at radius 1 is 0.476 bits per heavy atom. The summed E-state index contributed by atoms with van der Waals surface area (Å²) in [4.78, 5) is 4.20. The zero-order valence-electron chi connectivity index (χ0n) is 27.4. The van der Waals surface area contributed by atoms with Crippen LogP contribution in [0.15, 0.2) is 84.6 Å². The summed E-state index contributed by atoms with van der Waals surface area (Å²) >= 11 is 5.41. The van der Waals surface area contributed by atoms with Crippen molar-refractivity contribution in [1.82, 2.24) is 0 Å². The molecule has 0 fully saturated rings. The lowest BCUT2D eigenvalue weighted by molar-refractivity contribution is 0.504. The van der Waals surface area contributed by atoms with Gasteiger partial charge in [-0.3, -0.25) is 0 Å². The van der Waals surface area contributed by atoms with Crippen molar-refractivity contribution in [3.8, 4) is 0 Å². The molecule has 0 atom stereocenters. The molecule has 6 heteroatoms. The Balaban J connectivity index is 0.000000252. The third-order valence-corrected chi connectivity index (χ3v) is 8.57. The zero-order chi connectivity index (χ0) is 31.7. The van der Waals surface area contributed by atoms with Gasteiger partial charge in [-0.15, -0.1) is 22.7 Å². The summed E-state index contributed by atoms with van der Waals surface area (Å²) in [5.41, 5.74) is 7.83. The van der Waals surface area contributed by atoms with Crippen molar-refractivity contribution in [2.24, 2.45) is 0 Å². The lowest BCUT2D eigenvalue weighted by Crippen LogP contribution is -1.63. The molecule has 0 radical (unpaired) electrons. The van der Waals surface area contributed by atoms with Crippen molar-refractivity contribution >= 4 is 34.0 Å². The normalized spacial score (nSPS) is 9.43. The highest BCUT2D eigenvalue weighted by Gasteiger charge is 1.89. The van der Waals surface area contributed by atoms with E-state index in [4.69, 9.17) is 13.3 Å². The molecule has 0 amide bonds. The second-order valence-corrected chi connectivity index (χ2v) is 13.6. The fraction of sp³-hybridized carbons (Fsp3) is 0.333. The number of rotatable bonds is 0. The molecule has 3 nitrogen and oxygen atoms in total. The first-order valence-corrected chi connectivity index (χ1v) is 16.5. The maximum atomic E-state index is 5.08. The molecule has 6 heterocycles. The monoisotopic (exact) mass is 624 g/mol. The van der Waals surface area contributed by atoms with Crippen LogP contribution in [-0.4, -0.2) is 0 Å². The van der Waals surface area contributed by atoms with Gasteiger partial charge in [-0.25, -0.2) is 0 Å². The minimum atomic E-state index is 0.984. The molecule has 0 aliphatic carbocycles. The summed E-state index contributed by atoms with van der Waals surface area (Å²) < 4.78 is 14.9. The Kier molecular flexibility index (Phi) is 17.6. The summed E-state index contributed by atoms with van der Waals surface area (Å²) in [6.45, 7) is 24.6. The van der Waals surface area contributed by atoms with E-state index in [1.807, 2.05) is 71.1 Å². The Morgan fingerprint density at radius 2 is 1.00 bits per heavy atom. The summed E-state index contributed by atoms with van der Waals surface area (Å²) in [5, 5.41) is 6.49. The molecule has 0 aliphatic heterocycles. The fourth-order valence-electron chi connectivity index (χ4n) is 3.11. The minimum Gasteiger partial charge on any atom is -0.472 e. The topological polar surface area (TPSA) is 39.4 Å². The molecule has 228 valence electrons. The summed E-state index contributed by atoms with van der Waals surface area (Å²) in [6, 6.07) is 12.4. The van der Waals surface area contributed by atoms with Gasteiger partial charge >= 0.3 is 0 Å². The van der Waals surface area contributed by atoms with Crippen LogP contribution in [-0.2, 0) is 0 Å². The molecule has 0 bridgehead atoms. The number of furan rings is 3. The van der Waals surface area contributed by atoms with Gasteiger partial charge in [0.15, 0.2) is 0 Å². The molecule has 6 aromatic heterocycles. The van der Waals surface area contributed by atoms with Crippen molar-refractivity contribution in [3.63, 3.8) is 0 Å². The molecule has 0 saturated heterocycles. The van der Waals surface area contributed by atoms with E-state index in [9.17, 15) is 0 Å². The number of hydrogen-bond acceptors (Lipinski definition) is 6. The molecule has 6 rings (SSSR count). The molecule has 0 spiro atoms. The second kappa shape index (κ2) is 20.0. The maximum absolute atomic E-state index is 5.08. The molecular weight excluding hydrogens is 577 g/mol. The summed E-state index contributed by atoms with van der Waals surface area (Å²) in [7, 11) is 0. The van der Waals surface area contributed by atoms with Crippen molar-refractivity contribution < 1.29 is 13.3 Å². The van der Waals surface area contributed by atoms with E-state index in [0.29, 0.717) is 0 Å². The smallest absolute Gasteiger partial charge is 0.101 e. The average Bonchev–Trinajstić information content (AvgIpc) is 3.78. The lowest BCUT2D eigenvalue weighted by atomic mass is 10.2. The molecule has 0 aromatic carbocycles. The van der Waals surface area contributed by atoms with Gasteiger partial charge in [-0.2, -0.15) is 11.3 Å². The van der Waals surface area contributed by atoms with Gasteiger partial charge in [0.1, 0.15) is 17.3 Å². The minimum absolute atomic E-state index is 0.984. The molecule has 0 N–H and O–H groups in total. The fourth-order valence-corrected chi connectivity index (χ4v) is 5.43. The SMILES string of the molecule is Cc1ccc(C)o1.Cc1ccc(C)s1.Cc1coc(C)c1.Cc1cocc1C.Cc1csc(C)c1.Cc1cscc1C. The van der Waals surface area contributed by atoms with Gasteiger partial charge in [0, 0.05) is 14.6 Å². The highest BCUT2D eigenvalue weighted by atomic mass is 32.1. The quantitative estimate of drug-likeness (QED) is 0.169. The Bertz CT molecular complexity index is 1230. The van der Waals surface area contributed by atoms with Gasteiger partial charge in [-0.05, 0) is 169 Å². The van der Waals surface area contributed by atoms with Crippen LogP contribution in [0.5, 0.6) is 0 Å². The molecule has 0 aliphatic rings. The van der Waals surface area contributed by atoms with Crippen molar-refractivity contribution in [3.05, 3.63) is 137 Å². The van der Waals surface area contributed by atoms with Crippen molar-refractivity contribution in [1.29, 1.82) is 0 Å². The highest BCUT2D eigenvalue weighted by molar-refractivity contribution is 7.11. The number of thiophene rings is 3. The van der Waals surface area contributed by atoms with E-state index in [1.54, 1.807) is 41.5 Å². The number of aryl methyl sites for hydroxylation is 12. The summed E-state index contributed by atoms with van der Waals surface area (Å²) in [6.07, 6.45) is 5.24. The van der Waals surface area contributed by atoms with Crippen LogP contribution < -0.4 is 0 Å². The Labute approximate surface area is 265 Å². The van der Waals surface area contributed by atoms with Gasteiger partial charge in [-0.1, -0.05) is 0 Å². The predicted octanol–water partition coefficient (Wildman–Crippen LogP) is 12.8. The first-order chi connectivity index (χ1) is 19.8. The average molecular weight is 625 g/mol. The van der Waals surface area contributed by atoms with Gasteiger partial charge in [0.05, 0.1) is 18.8 Å². The van der Waals surface area contributed by atoms with Crippen molar-refractivity contribution in [2.75, 3.05) is 0 Å². The Hall–Kier alpha value is -3.06. The number of hydrogen-bond donors (Lipinski definition) is 0. The van der Waals surface area contributed by atoms with E-state index in [-0.39, 0.29) is 0 Å². The van der Waals surface area contributed by atoms with Crippen molar-refractivity contribution in [2.45, 2.75) is 83.1 Å². The largest absolute Gasteiger partial charge is 0.472 e. The van der Waals surface area contributed by atoms with Crippen LogP contribution in [0.3, 0.4) is 0 Å². The van der Waals surface area contributed by atoms with Crippen LogP contribution >= 0.6 is 34.0 Å². The molecule has 6 aromatic rings. The van der Waals surface area contributed by atoms with E-state index < -0.39 is 0 Å². The van der Waals surface area contributed by atoms with Gasteiger partial charge < -0.3 is 13.3 Å². The Morgan fingerprint density at radius 3 is 1.14 bits per heavy atom. The van der Waals surface area contributed by atoms with E-state index >= 15 is 0 Å². The van der Waals surface area contributed by atoms with E-state index in [2.05, 4.69) is 75.9 Å². The molecule has 0 saturated carbocycles. The first-order valence-electron chi connectivity index (χ1n) is 13.8. The second-order valence-electron chi connectivity index (χ2n) is 10.3. The maximum Gasteiger partial charge on any atom is 0.101 e. The van der Waals surface area contributed by atoms with Crippen LogP contribution in [0, 0.1) is 83.1 Å². The molecular formula is C36H48O3S3. The van der Waals surface area contributed by atoms with E-state index in [0.717, 1.165) is 17.3 Å². The van der Waals surface area contributed by atoms with Crippen LogP contribution in [0.4, 0.5) is 0 Å². The molecule has 0 unspecified atom stereocenters. The third-order valence-electron chi connectivity index (χ3n) is 5.70. The summed E-state index contributed by atoms with van der Waals surface area (Å²) in [5.74, 6) is 2.95. The van der Waals surface area contributed by atoms with Gasteiger partial charge in [0.25, 0.3) is 0 Å². The zero-order valence-corrected chi connectivity index (χ0v) is 29.8. The first kappa shape index (κ1) is 37.0. The van der Waals surface area contributed by atoms with Crippen LogP contribution in [0.25, 0.3) is 0 Å². The predicted molar refractivity (Wildman–Crippen MR) is 186 cm³/mol. The molecule has 42 heavy (non-hydrogen) atoms. The van der Waals surface area contributed by atoms with Crippen LogP contribution in [0.1, 0.15) is 65.3 Å². The lowest BCUT2D eigenvalue weighted by Gasteiger charge is -1.79.